The molecule has 3 aliphatic rings. The van der Waals surface area contributed by atoms with Crippen LogP contribution in [0, 0.1) is 5.92 Å². The van der Waals surface area contributed by atoms with E-state index in [0.717, 1.165) is 45.3 Å². The van der Waals surface area contributed by atoms with Gasteiger partial charge < -0.3 is 0 Å². The van der Waals surface area contributed by atoms with Gasteiger partial charge in [0.1, 0.15) is 0 Å². The van der Waals surface area contributed by atoms with E-state index in [9.17, 15) is 8.42 Å². The molecule has 0 amide bonds. The monoisotopic (exact) mass is 286 g/mol. The standard InChI is InChI=1S/C14H26N2O2S/c17-19(18,15-10-4-5-11-15)16-12-6-9-14(16)13-7-2-1-3-8-13/h13-14H,1-12H2. The maximum atomic E-state index is 12.7. The molecule has 2 saturated heterocycles. The first-order valence-electron chi connectivity index (χ1n) is 7.96. The van der Waals surface area contributed by atoms with Crippen LogP contribution in [0.1, 0.15) is 57.8 Å². The molecule has 5 heteroatoms. The highest BCUT2D eigenvalue weighted by Gasteiger charge is 2.42. The van der Waals surface area contributed by atoms with Crippen LogP contribution < -0.4 is 0 Å². The Kier molecular flexibility index (Phi) is 4.15. The second kappa shape index (κ2) is 5.70. The summed E-state index contributed by atoms with van der Waals surface area (Å²) in [5, 5.41) is 0. The average Bonchev–Trinajstić information content (AvgIpc) is 3.11. The molecular formula is C14H26N2O2S. The van der Waals surface area contributed by atoms with Crippen molar-refractivity contribution in [1.82, 2.24) is 8.61 Å². The first-order valence-corrected chi connectivity index (χ1v) is 9.36. The zero-order chi connectivity index (χ0) is 13.3. The lowest BCUT2D eigenvalue weighted by molar-refractivity contribution is 0.218. The van der Waals surface area contributed by atoms with Gasteiger partial charge in [0.2, 0.25) is 0 Å². The number of hydrogen-bond acceptors (Lipinski definition) is 2. The number of nitrogens with zero attached hydrogens (tertiary/aromatic N) is 2. The summed E-state index contributed by atoms with van der Waals surface area (Å²) in [5.41, 5.74) is 0. The van der Waals surface area contributed by atoms with Gasteiger partial charge in [-0.05, 0) is 44.4 Å². The van der Waals surface area contributed by atoms with Crippen molar-refractivity contribution in [2.45, 2.75) is 63.8 Å². The molecule has 1 unspecified atom stereocenters. The lowest BCUT2D eigenvalue weighted by Gasteiger charge is -2.35. The van der Waals surface area contributed by atoms with Gasteiger partial charge in [0.05, 0.1) is 0 Å². The van der Waals surface area contributed by atoms with Crippen molar-refractivity contribution in [2.75, 3.05) is 19.6 Å². The predicted octanol–water partition coefficient (Wildman–Crippen LogP) is 2.37. The molecule has 0 aromatic rings. The summed E-state index contributed by atoms with van der Waals surface area (Å²) in [7, 11) is -3.17. The van der Waals surface area contributed by atoms with Crippen LogP contribution in [0.4, 0.5) is 0 Å². The Hall–Kier alpha value is -0.130. The molecule has 0 radical (unpaired) electrons. The molecular weight excluding hydrogens is 260 g/mol. The van der Waals surface area contributed by atoms with Gasteiger partial charge in [-0.25, -0.2) is 0 Å². The van der Waals surface area contributed by atoms with Gasteiger partial charge in [-0.1, -0.05) is 19.3 Å². The Morgan fingerprint density at radius 1 is 0.737 bits per heavy atom. The van der Waals surface area contributed by atoms with Crippen molar-refractivity contribution in [3.63, 3.8) is 0 Å². The highest BCUT2D eigenvalue weighted by Crippen LogP contribution is 2.36. The van der Waals surface area contributed by atoms with E-state index in [0.29, 0.717) is 12.0 Å². The molecule has 19 heavy (non-hydrogen) atoms. The summed E-state index contributed by atoms with van der Waals surface area (Å²) in [4.78, 5) is 0. The summed E-state index contributed by atoms with van der Waals surface area (Å²) in [6, 6.07) is 0.297. The van der Waals surface area contributed by atoms with Crippen molar-refractivity contribution < 1.29 is 8.42 Å². The second-order valence-electron chi connectivity index (χ2n) is 6.33. The van der Waals surface area contributed by atoms with E-state index in [1.165, 1.54) is 32.1 Å². The largest absolute Gasteiger partial charge is 0.282 e. The third kappa shape index (κ3) is 2.69. The van der Waals surface area contributed by atoms with Crippen LogP contribution in [-0.2, 0) is 10.2 Å². The topological polar surface area (TPSA) is 40.6 Å². The molecule has 1 aliphatic carbocycles. The SMILES string of the molecule is O=S(=O)(N1CCCC1)N1CCCC1C1CCCCC1. The van der Waals surface area contributed by atoms with Gasteiger partial charge in [-0.3, -0.25) is 0 Å². The maximum absolute atomic E-state index is 12.7. The van der Waals surface area contributed by atoms with Crippen LogP contribution in [-0.4, -0.2) is 42.7 Å². The minimum absolute atomic E-state index is 0.297. The smallest absolute Gasteiger partial charge is 0.195 e. The van der Waals surface area contributed by atoms with E-state index < -0.39 is 10.2 Å². The lowest BCUT2D eigenvalue weighted by atomic mass is 9.83. The molecule has 2 aliphatic heterocycles. The fourth-order valence-electron chi connectivity index (χ4n) is 4.11. The minimum atomic E-state index is -3.17. The first-order chi connectivity index (χ1) is 9.19. The summed E-state index contributed by atoms with van der Waals surface area (Å²) >= 11 is 0. The van der Waals surface area contributed by atoms with E-state index >= 15 is 0 Å². The second-order valence-corrected chi connectivity index (χ2v) is 8.21. The molecule has 0 spiro atoms. The highest BCUT2D eigenvalue weighted by atomic mass is 32.2. The molecule has 0 aromatic carbocycles. The zero-order valence-electron chi connectivity index (χ0n) is 11.8. The van der Waals surface area contributed by atoms with Crippen molar-refractivity contribution in [2.24, 2.45) is 5.92 Å². The van der Waals surface area contributed by atoms with Gasteiger partial charge in [0, 0.05) is 25.7 Å². The Labute approximate surface area is 117 Å². The summed E-state index contributed by atoms with van der Waals surface area (Å²) in [6.07, 6.45) is 10.6. The van der Waals surface area contributed by atoms with E-state index in [4.69, 9.17) is 0 Å². The molecule has 4 nitrogen and oxygen atoms in total. The number of rotatable bonds is 3. The maximum Gasteiger partial charge on any atom is 0.282 e. The van der Waals surface area contributed by atoms with E-state index in [-0.39, 0.29) is 0 Å². The van der Waals surface area contributed by atoms with Crippen LogP contribution in [0.15, 0.2) is 0 Å². The molecule has 1 atom stereocenters. The van der Waals surface area contributed by atoms with Crippen molar-refractivity contribution in [3.05, 3.63) is 0 Å². The van der Waals surface area contributed by atoms with Crippen LogP contribution in [0.5, 0.6) is 0 Å². The highest BCUT2D eigenvalue weighted by molar-refractivity contribution is 7.86. The molecule has 0 aromatic heterocycles. The fraction of sp³-hybridized carbons (Fsp3) is 1.00. The van der Waals surface area contributed by atoms with Gasteiger partial charge in [-0.15, -0.1) is 0 Å². The van der Waals surface area contributed by atoms with Crippen LogP contribution in [0.3, 0.4) is 0 Å². The van der Waals surface area contributed by atoms with E-state index in [1.54, 1.807) is 4.31 Å². The zero-order valence-corrected chi connectivity index (χ0v) is 12.6. The van der Waals surface area contributed by atoms with E-state index in [2.05, 4.69) is 0 Å². The van der Waals surface area contributed by atoms with Gasteiger partial charge in [0.25, 0.3) is 10.2 Å². The summed E-state index contributed by atoms with van der Waals surface area (Å²) in [5.74, 6) is 0.619. The van der Waals surface area contributed by atoms with Gasteiger partial charge >= 0.3 is 0 Å². The molecule has 0 bridgehead atoms. The normalized spacial score (nSPS) is 32.1. The Morgan fingerprint density at radius 3 is 2.11 bits per heavy atom. The van der Waals surface area contributed by atoms with Gasteiger partial charge in [0.15, 0.2) is 0 Å². The molecule has 0 N–H and O–H groups in total. The Bertz CT molecular complexity index is 398. The average molecular weight is 286 g/mol. The van der Waals surface area contributed by atoms with Crippen molar-refractivity contribution in [3.8, 4) is 0 Å². The van der Waals surface area contributed by atoms with Crippen molar-refractivity contribution >= 4 is 10.2 Å². The Balaban J connectivity index is 1.74. The van der Waals surface area contributed by atoms with Crippen LogP contribution >= 0.6 is 0 Å². The fourth-order valence-corrected chi connectivity index (χ4v) is 6.11. The molecule has 110 valence electrons. The number of hydrogen-bond donors (Lipinski definition) is 0. The van der Waals surface area contributed by atoms with E-state index in [1.807, 2.05) is 4.31 Å². The third-order valence-electron chi connectivity index (χ3n) is 5.13. The third-order valence-corrected chi connectivity index (χ3v) is 7.19. The molecule has 1 saturated carbocycles. The molecule has 3 rings (SSSR count). The quantitative estimate of drug-likeness (QED) is 0.799. The van der Waals surface area contributed by atoms with Crippen LogP contribution in [0.25, 0.3) is 0 Å². The summed E-state index contributed by atoms with van der Waals surface area (Å²) in [6.45, 7) is 2.21. The molecule has 2 heterocycles. The Morgan fingerprint density at radius 2 is 1.42 bits per heavy atom. The predicted molar refractivity (Wildman–Crippen MR) is 76.0 cm³/mol. The van der Waals surface area contributed by atoms with Gasteiger partial charge in [-0.2, -0.15) is 17.0 Å². The van der Waals surface area contributed by atoms with Crippen molar-refractivity contribution in [1.29, 1.82) is 0 Å². The minimum Gasteiger partial charge on any atom is -0.195 e. The summed E-state index contributed by atoms with van der Waals surface area (Å²) < 4.78 is 29.1. The first kappa shape index (κ1) is 13.8. The van der Waals surface area contributed by atoms with Crippen LogP contribution in [0.2, 0.25) is 0 Å². The lowest BCUT2D eigenvalue weighted by Crippen LogP contribution is -2.47. The molecule has 3 fully saturated rings.